The van der Waals surface area contributed by atoms with Crippen molar-refractivity contribution in [2.45, 2.75) is 63.6 Å². The summed E-state index contributed by atoms with van der Waals surface area (Å²) in [6.45, 7) is 2.30. The van der Waals surface area contributed by atoms with Crippen molar-refractivity contribution in [1.29, 1.82) is 0 Å². The molecular weight excluding hydrogens is 174 g/mol. The van der Waals surface area contributed by atoms with Gasteiger partial charge in [0.2, 0.25) is 0 Å². The van der Waals surface area contributed by atoms with Gasteiger partial charge in [-0.1, -0.05) is 13.3 Å². The van der Waals surface area contributed by atoms with Crippen molar-refractivity contribution in [2.24, 2.45) is 5.92 Å². The molecule has 0 saturated heterocycles. The summed E-state index contributed by atoms with van der Waals surface area (Å²) in [6, 6.07) is 1.63. The maximum atomic E-state index is 5.37. The molecule has 2 heteroatoms. The summed E-state index contributed by atoms with van der Waals surface area (Å²) < 4.78 is 5.37. The first kappa shape index (κ1) is 10.4. The number of ether oxygens (including phenoxy) is 1. The van der Waals surface area contributed by atoms with Crippen LogP contribution in [0.4, 0.5) is 0 Å². The van der Waals surface area contributed by atoms with Crippen LogP contribution >= 0.6 is 0 Å². The zero-order valence-corrected chi connectivity index (χ0v) is 9.46. The van der Waals surface area contributed by atoms with Gasteiger partial charge in [-0.25, -0.2) is 0 Å². The lowest BCUT2D eigenvalue weighted by Gasteiger charge is -2.28. The monoisotopic (exact) mass is 197 g/mol. The van der Waals surface area contributed by atoms with Crippen molar-refractivity contribution in [2.75, 3.05) is 7.11 Å². The van der Waals surface area contributed by atoms with Crippen LogP contribution in [-0.2, 0) is 4.74 Å². The highest BCUT2D eigenvalue weighted by Crippen LogP contribution is 2.35. The summed E-state index contributed by atoms with van der Waals surface area (Å²) in [4.78, 5) is 0. The van der Waals surface area contributed by atoms with Gasteiger partial charge in [0.15, 0.2) is 0 Å². The second kappa shape index (κ2) is 4.63. The van der Waals surface area contributed by atoms with Crippen LogP contribution in [-0.4, -0.2) is 25.3 Å². The maximum absolute atomic E-state index is 5.37. The van der Waals surface area contributed by atoms with Gasteiger partial charge >= 0.3 is 0 Å². The average molecular weight is 197 g/mol. The van der Waals surface area contributed by atoms with Gasteiger partial charge in [-0.15, -0.1) is 0 Å². The zero-order chi connectivity index (χ0) is 9.97. The Hall–Kier alpha value is -0.0800. The lowest BCUT2D eigenvalue weighted by Crippen LogP contribution is -2.36. The van der Waals surface area contributed by atoms with Crippen LogP contribution < -0.4 is 5.32 Å². The second-order valence-corrected chi connectivity index (χ2v) is 4.89. The van der Waals surface area contributed by atoms with Crippen molar-refractivity contribution in [3.8, 4) is 0 Å². The van der Waals surface area contributed by atoms with Crippen molar-refractivity contribution < 1.29 is 4.74 Å². The normalized spacial score (nSPS) is 42.4. The lowest BCUT2D eigenvalue weighted by atomic mass is 9.93. The molecule has 2 unspecified atom stereocenters. The Bertz CT molecular complexity index is 175. The van der Waals surface area contributed by atoms with E-state index in [0.29, 0.717) is 6.10 Å². The number of hydrogen-bond donors (Lipinski definition) is 1. The van der Waals surface area contributed by atoms with Crippen LogP contribution in [0.2, 0.25) is 0 Å². The van der Waals surface area contributed by atoms with E-state index in [0.717, 1.165) is 18.0 Å². The van der Waals surface area contributed by atoms with Crippen molar-refractivity contribution >= 4 is 0 Å². The van der Waals surface area contributed by atoms with E-state index < -0.39 is 0 Å². The van der Waals surface area contributed by atoms with Gasteiger partial charge in [-0.3, -0.25) is 0 Å². The molecule has 2 aliphatic rings. The van der Waals surface area contributed by atoms with E-state index in [-0.39, 0.29) is 0 Å². The number of nitrogens with one attached hydrogen (secondary N) is 1. The molecule has 2 rings (SSSR count). The summed E-state index contributed by atoms with van der Waals surface area (Å²) in [7, 11) is 1.84. The molecule has 14 heavy (non-hydrogen) atoms. The van der Waals surface area contributed by atoms with Crippen LogP contribution in [0.15, 0.2) is 0 Å². The predicted octanol–water partition coefficient (Wildman–Crippen LogP) is 2.33. The average Bonchev–Trinajstić information content (AvgIpc) is 2.98. The molecule has 2 fully saturated rings. The summed E-state index contributed by atoms with van der Waals surface area (Å²) in [6.07, 6.45) is 8.42. The highest BCUT2D eigenvalue weighted by atomic mass is 16.5. The highest BCUT2D eigenvalue weighted by Gasteiger charge is 2.37. The second-order valence-electron chi connectivity index (χ2n) is 4.89. The number of methoxy groups -OCH3 is 1. The van der Waals surface area contributed by atoms with Gasteiger partial charge in [0.05, 0.1) is 6.10 Å². The van der Waals surface area contributed by atoms with Gasteiger partial charge in [0.25, 0.3) is 0 Å². The molecule has 0 radical (unpaired) electrons. The molecule has 0 aliphatic heterocycles. The van der Waals surface area contributed by atoms with E-state index in [1.54, 1.807) is 0 Å². The van der Waals surface area contributed by atoms with E-state index in [2.05, 4.69) is 12.2 Å². The zero-order valence-electron chi connectivity index (χ0n) is 9.46. The molecule has 0 aromatic heterocycles. The molecule has 1 N–H and O–H groups in total. The van der Waals surface area contributed by atoms with E-state index in [1.807, 2.05) is 7.11 Å². The van der Waals surface area contributed by atoms with E-state index >= 15 is 0 Å². The fourth-order valence-corrected chi connectivity index (χ4v) is 2.67. The molecule has 2 nitrogen and oxygen atoms in total. The first-order chi connectivity index (χ1) is 6.83. The van der Waals surface area contributed by atoms with Gasteiger partial charge in [-0.2, -0.15) is 0 Å². The Morgan fingerprint density at radius 2 is 1.93 bits per heavy atom. The van der Waals surface area contributed by atoms with Crippen LogP contribution in [0, 0.1) is 5.92 Å². The molecule has 0 amide bonds. The summed E-state index contributed by atoms with van der Waals surface area (Å²) >= 11 is 0. The minimum Gasteiger partial charge on any atom is -0.381 e. The predicted molar refractivity (Wildman–Crippen MR) is 58.4 cm³/mol. The Labute approximate surface area is 87.4 Å². The van der Waals surface area contributed by atoms with E-state index in [4.69, 9.17) is 4.74 Å². The van der Waals surface area contributed by atoms with Gasteiger partial charge in [0, 0.05) is 19.2 Å². The molecular formula is C12H23NO. The summed E-state index contributed by atoms with van der Waals surface area (Å²) in [5.41, 5.74) is 0. The van der Waals surface area contributed by atoms with Crippen LogP contribution in [0.5, 0.6) is 0 Å². The molecule has 0 spiro atoms. The Morgan fingerprint density at radius 1 is 1.21 bits per heavy atom. The van der Waals surface area contributed by atoms with Gasteiger partial charge < -0.3 is 10.1 Å². The standard InChI is InChI=1S/C12H23NO/c1-3-9-8-12(9)13-10-4-6-11(14-2)7-5-10/h9-13H,3-8H2,1-2H3. The minimum absolute atomic E-state index is 0.536. The number of hydrogen-bond acceptors (Lipinski definition) is 2. The van der Waals surface area contributed by atoms with E-state index in [9.17, 15) is 0 Å². The summed E-state index contributed by atoms with van der Waals surface area (Å²) in [5, 5.41) is 3.78. The maximum Gasteiger partial charge on any atom is 0.0572 e. The fourth-order valence-electron chi connectivity index (χ4n) is 2.67. The number of rotatable bonds is 4. The molecule has 0 bridgehead atoms. The SMILES string of the molecule is CCC1CC1NC1CCC(OC)CC1. The third-order valence-corrected chi connectivity index (χ3v) is 3.90. The van der Waals surface area contributed by atoms with Crippen LogP contribution in [0.1, 0.15) is 45.4 Å². The quantitative estimate of drug-likeness (QED) is 0.747. The minimum atomic E-state index is 0.536. The Balaban J connectivity index is 1.64. The molecule has 0 heterocycles. The Kier molecular flexibility index (Phi) is 3.45. The largest absolute Gasteiger partial charge is 0.381 e. The van der Waals surface area contributed by atoms with Crippen molar-refractivity contribution in [3.05, 3.63) is 0 Å². The smallest absolute Gasteiger partial charge is 0.0572 e. The molecule has 0 aromatic rings. The van der Waals surface area contributed by atoms with Crippen molar-refractivity contribution in [3.63, 3.8) is 0 Å². The highest BCUT2D eigenvalue weighted by molar-refractivity contribution is 4.94. The first-order valence-corrected chi connectivity index (χ1v) is 6.12. The Morgan fingerprint density at radius 3 is 2.43 bits per heavy atom. The topological polar surface area (TPSA) is 21.3 Å². The van der Waals surface area contributed by atoms with E-state index in [1.165, 1.54) is 38.5 Å². The van der Waals surface area contributed by atoms with Gasteiger partial charge in [-0.05, 0) is 38.0 Å². The third kappa shape index (κ3) is 2.48. The van der Waals surface area contributed by atoms with Crippen LogP contribution in [0.3, 0.4) is 0 Å². The molecule has 2 aliphatic carbocycles. The molecule has 0 aromatic carbocycles. The fraction of sp³-hybridized carbons (Fsp3) is 1.00. The lowest BCUT2D eigenvalue weighted by molar-refractivity contribution is 0.0622. The molecule has 82 valence electrons. The van der Waals surface area contributed by atoms with Gasteiger partial charge in [0.1, 0.15) is 0 Å². The van der Waals surface area contributed by atoms with Crippen molar-refractivity contribution in [1.82, 2.24) is 5.32 Å². The first-order valence-electron chi connectivity index (χ1n) is 6.12. The molecule has 2 atom stereocenters. The summed E-state index contributed by atoms with van der Waals surface area (Å²) in [5.74, 6) is 0.982. The molecule has 2 saturated carbocycles. The third-order valence-electron chi connectivity index (χ3n) is 3.90. The van der Waals surface area contributed by atoms with Crippen LogP contribution in [0.25, 0.3) is 0 Å².